The van der Waals surface area contributed by atoms with Crippen molar-refractivity contribution in [3.05, 3.63) is 0 Å². The van der Waals surface area contributed by atoms with E-state index in [1.54, 1.807) is 7.05 Å². The highest BCUT2D eigenvalue weighted by Gasteiger charge is 1.95. The van der Waals surface area contributed by atoms with Crippen LogP contribution in [0.25, 0.3) is 0 Å². The van der Waals surface area contributed by atoms with E-state index in [0.29, 0.717) is 0 Å². The summed E-state index contributed by atoms with van der Waals surface area (Å²) in [5.41, 5.74) is 0. The second-order valence-electron chi connectivity index (χ2n) is 1.89. The Hall–Kier alpha value is -0.180. The fourth-order valence-corrected chi connectivity index (χ4v) is 0.778. The van der Waals surface area contributed by atoms with E-state index in [4.69, 9.17) is 0 Å². The molecule has 0 aliphatic carbocycles. The molecule has 2 nitrogen and oxygen atoms in total. The zero-order valence-corrected chi connectivity index (χ0v) is 7.15. The Bertz CT molecular complexity index is 101. The molecule has 0 rings (SSSR count). The maximum Gasteiger partial charge on any atom is 0.105 e. The Morgan fingerprint density at radius 1 is 1.67 bits per heavy atom. The van der Waals surface area contributed by atoms with Gasteiger partial charge >= 0.3 is 0 Å². The van der Waals surface area contributed by atoms with Crippen LogP contribution in [0, 0.1) is 0 Å². The van der Waals surface area contributed by atoms with Gasteiger partial charge in [0.05, 0.1) is 0 Å². The van der Waals surface area contributed by atoms with Crippen LogP contribution in [0.15, 0.2) is 4.99 Å². The number of thiol groups is 1. The molecule has 54 valence electrons. The van der Waals surface area contributed by atoms with Gasteiger partial charge in [-0.2, -0.15) is 0 Å². The fraction of sp³-hybridized carbons (Fsp3) is 0.833. The molecule has 9 heavy (non-hydrogen) atoms. The molecule has 0 unspecified atom stereocenters. The minimum atomic E-state index is 0.965. The number of hydrogen-bond acceptors (Lipinski definition) is 2. The molecular weight excluding hydrogens is 132 g/mol. The van der Waals surface area contributed by atoms with Crippen LogP contribution in [0.5, 0.6) is 0 Å². The lowest BCUT2D eigenvalue weighted by Gasteiger charge is -2.14. The molecule has 0 radical (unpaired) electrons. The maximum atomic E-state index is 4.19. The molecule has 0 aliphatic rings. The van der Waals surface area contributed by atoms with Gasteiger partial charge in [0.1, 0.15) is 5.84 Å². The average Bonchev–Trinajstić information content (AvgIpc) is 1.87. The molecule has 0 spiro atoms. The number of aliphatic imine (C=N–C) groups is 1. The van der Waals surface area contributed by atoms with Crippen LogP contribution in [0.1, 0.15) is 20.3 Å². The van der Waals surface area contributed by atoms with Gasteiger partial charge in [-0.1, -0.05) is 19.7 Å². The van der Waals surface area contributed by atoms with Crippen LogP contribution in [0.4, 0.5) is 0 Å². The van der Waals surface area contributed by atoms with Crippen molar-refractivity contribution in [3.8, 4) is 0 Å². The minimum absolute atomic E-state index is 0.965. The van der Waals surface area contributed by atoms with Crippen molar-refractivity contribution >= 4 is 18.7 Å². The molecule has 0 amide bonds. The van der Waals surface area contributed by atoms with Crippen molar-refractivity contribution in [2.45, 2.75) is 20.3 Å². The van der Waals surface area contributed by atoms with E-state index in [1.807, 2.05) is 11.2 Å². The van der Waals surface area contributed by atoms with Crippen molar-refractivity contribution in [1.29, 1.82) is 0 Å². The highest BCUT2D eigenvalue weighted by Crippen LogP contribution is 1.96. The first kappa shape index (κ1) is 8.82. The second kappa shape index (κ2) is 4.68. The van der Waals surface area contributed by atoms with Crippen LogP contribution in [-0.4, -0.2) is 23.7 Å². The van der Waals surface area contributed by atoms with Crippen LogP contribution >= 0.6 is 12.8 Å². The number of hydrogen-bond donors (Lipinski definition) is 1. The summed E-state index contributed by atoms with van der Waals surface area (Å²) >= 11 is 4.19. The molecule has 3 heteroatoms. The first-order valence-corrected chi connectivity index (χ1v) is 3.52. The van der Waals surface area contributed by atoms with Gasteiger partial charge in [0.2, 0.25) is 0 Å². The lowest BCUT2D eigenvalue weighted by atomic mass is 10.5. The van der Waals surface area contributed by atoms with Crippen molar-refractivity contribution in [2.24, 2.45) is 4.99 Å². The van der Waals surface area contributed by atoms with Crippen LogP contribution in [0.3, 0.4) is 0 Å². The summed E-state index contributed by atoms with van der Waals surface area (Å²) in [6.07, 6.45) is 1.11. The van der Waals surface area contributed by atoms with E-state index < -0.39 is 0 Å². The monoisotopic (exact) mass is 146 g/mol. The van der Waals surface area contributed by atoms with E-state index in [9.17, 15) is 0 Å². The molecule has 0 aromatic carbocycles. The quantitative estimate of drug-likeness (QED) is 0.355. The highest BCUT2D eigenvalue weighted by molar-refractivity contribution is 7.78. The van der Waals surface area contributed by atoms with Crippen molar-refractivity contribution in [3.63, 3.8) is 0 Å². The third-order valence-corrected chi connectivity index (χ3v) is 1.62. The fourth-order valence-electron chi connectivity index (χ4n) is 0.489. The number of rotatable bonds is 2. The van der Waals surface area contributed by atoms with Gasteiger partial charge in [0.25, 0.3) is 0 Å². The minimum Gasteiger partial charge on any atom is -0.307 e. The zero-order valence-electron chi connectivity index (χ0n) is 6.26. The van der Waals surface area contributed by atoms with Gasteiger partial charge in [-0.3, -0.25) is 4.99 Å². The van der Waals surface area contributed by atoms with Gasteiger partial charge in [0.15, 0.2) is 0 Å². The van der Waals surface area contributed by atoms with Gasteiger partial charge in [0, 0.05) is 13.6 Å². The van der Waals surface area contributed by atoms with Gasteiger partial charge in [-0.05, 0) is 13.3 Å². The summed E-state index contributed by atoms with van der Waals surface area (Å²) in [5, 5.41) is 0. The second-order valence-corrected chi connectivity index (χ2v) is 2.38. The molecule has 0 bridgehead atoms. The van der Waals surface area contributed by atoms with Gasteiger partial charge in [-0.25, -0.2) is 0 Å². The Balaban J connectivity index is 3.59. The van der Waals surface area contributed by atoms with Crippen molar-refractivity contribution < 1.29 is 0 Å². The Morgan fingerprint density at radius 3 is 2.56 bits per heavy atom. The van der Waals surface area contributed by atoms with E-state index >= 15 is 0 Å². The van der Waals surface area contributed by atoms with E-state index in [2.05, 4.69) is 24.7 Å². The summed E-state index contributed by atoms with van der Waals surface area (Å²) < 4.78 is 1.85. The molecule has 0 atom stereocenters. The number of nitrogens with zero attached hydrogens (tertiary/aromatic N) is 2. The highest BCUT2D eigenvalue weighted by atomic mass is 32.1. The number of amidine groups is 1. The molecule has 0 fully saturated rings. The Kier molecular flexibility index (Phi) is 4.58. The lowest BCUT2D eigenvalue weighted by Crippen LogP contribution is -2.18. The predicted octanol–water partition coefficient (Wildman–Crippen LogP) is 1.59. The largest absolute Gasteiger partial charge is 0.307 e. The van der Waals surface area contributed by atoms with Crippen LogP contribution in [-0.2, 0) is 0 Å². The molecule has 0 saturated heterocycles. The van der Waals surface area contributed by atoms with Crippen molar-refractivity contribution in [2.75, 3.05) is 13.6 Å². The van der Waals surface area contributed by atoms with E-state index in [1.165, 1.54) is 0 Å². The lowest BCUT2D eigenvalue weighted by molar-refractivity contribution is 0.655. The normalized spacial score (nSPS) is 11.8. The summed E-state index contributed by atoms with van der Waals surface area (Å²) in [6, 6.07) is 0. The van der Waals surface area contributed by atoms with E-state index in [0.717, 1.165) is 18.8 Å². The van der Waals surface area contributed by atoms with Gasteiger partial charge < -0.3 is 4.31 Å². The van der Waals surface area contributed by atoms with Crippen LogP contribution in [0.2, 0.25) is 0 Å². The molecule has 0 saturated carbocycles. The molecule has 0 aromatic heterocycles. The Morgan fingerprint density at radius 2 is 2.22 bits per heavy atom. The third kappa shape index (κ3) is 3.40. The summed E-state index contributed by atoms with van der Waals surface area (Å²) in [5.74, 6) is 0.972. The first-order valence-electron chi connectivity index (χ1n) is 3.12. The maximum absolute atomic E-state index is 4.19. The zero-order chi connectivity index (χ0) is 7.28. The summed E-state index contributed by atoms with van der Waals surface area (Å²) in [7, 11) is 1.77. The molecule has 0 heterocycles. The Labute approximate surface area is 62.5 Å². The average molecular weight is 146 g/mol. The molecule has 0 N–H and O–H groups in total. The van der Waals surface area contributed by atoms with Crippen LogP contribution < -0.4 is 0 Å². The summed E-state index contributed by atoms with van der Waals surface area (Å²) in [4.78, 5) is 3.97. The predicted molar refractivity (Wildman–Crippen MR) is 45.0 cm³/mol. The van der Waals surface area contributed by atoms with E-state index in [-0.39, 0.29) is 0 Å². The standard InChI is InChI=1S/C6H14N2S/c1-4-5-8(9)6(2)7-3/h9H,4-5H2,1-3H3. The molecular formula is C6H14N2S. The SMILES string of the molecule is CCCN(S)C(C)=NC. The third-order valence-electron chi connectivity index (χ3n) is 1.13. The van der Waals surface area contributed by atoms with Crippen molar-refractivity contribution in [1.82, 2.24) is 4.31 Å². The first-order chi connectivity index (χ1) is 4.22. The summed E-state index contributed by atoms with van der Waals surface area (Å²) in [6.45, 7) is 5.03. The topological polar surface area (TPSA) is 15.6 Å². The molecule has 0 aliphatic heterocycles. The molecule has 0 aromatic rings. The van der Waals surface area contributed by atoms with Gasteiger partial charge in [-0.15, -0.1) is 0 Å². The smallest absolute Gasteiger partial charge is 0.105 e.